The molecule has 3 aromatic rings. The van der Waals surface area contributed by atoms with Crippen LogP contribution < -0.4 is 4.72 Å². The largest absolute Gasteiger partial charge is 0.507 e. The van der Waals surface area contributed by atoms with Gasteiger partial charge in [-0.1, -0.05) is 0 Å². The Hall–Kier alpha value is -2.65. The summed E-state index contributed by atoms with van der Waals surface area (Å²) in [5.41, 5.74) is 0.640. The van der Waals surface area contributed by atoms with Gasteiger partial charge >= 0.3 is 5.97 Å². The number of carbonyl (C=O) groups is 1. The zero-order valence-electron chi connectivity index (χ0n) is 12.3. The maximum absolute atomic E-state index is 12.4. The number of anilines is 1. The Morgan fingerprint density at radius 3 is 2.67 bits per heavy atom. The van der Waals surface area contributed by atoms with Gasteiger partial charge in [0.2, 0.25) is 0 Å². The monoisotopic (exact) mass is 364 g/mol. The van der Waals surface area contributed by atoms with Crippen LogP contribution in [0.4, 0.5) is 5.69 Å². The Morgan fingerprint density at radius 1 is 1.21 bits per heavy atom. The molecule has 0 fully saturated rings. The van der Waals surface area contributed by atoms with Crippen molar-refractivity contribution in [2.75, 3.05) is 4.72 Å². The summed E-state index contributed by atoms with van der Waals surface area (Å²) < 4.78 is 28.1. The fourth-order valence-electron chi connectivity index (χ4n) is 2.17. The molecular formula is C15H12N2O5S2. The van der Waals surface area contributed by atoms with Crippen molar-refractivity contribution in [3.8, 4) is 5.75 Å². The minimum atomic E-state index is -3.99. The molecule has 0 saturated heterocycles. The topological polar surface area (TPSA) is 117 Å². The maximum atomic E-state index is 12.4. The first-order valence-electron chi connectivity index (χ1n) is 6.72. The Morgan fingerprint density at radius 2 is 1.96 bits per heavy atom. The van der Waals surface area contributed by atoms with Gasteiger partial charge in [0, 0.05) is 0 Å². The number of fused-ring (bicyclic) bond motifs is 1. The van der Waals surface area contributed by atoms with E-state index in [-0.39, 0.29) is 4.90 Å². The van der Waals surface area contributed by atoms with Crippen LogP contribution in [0, 0.1) is 6.92 Å². The van der Waals surface area contributed by atoms with Gasteiger partial charge in [0.15, 0.2) is 0 Å². The Balaban J connectivity index is 1.98. The van der Waals surface area contributed by atoms with Gasteiger partial charge in [-0.2, -0.15) is 0 Å². The molecular weight excluding hydrogens is 352 g/mol. The molecule has 0 saturated carbocycles. The lowest BCUT2D eigenvalue weighted by Crippen LogP contribution is -2.13. The number of hydrogen-bond acceptors (Lipinski definition) is 6. The van der Waals surface area contributed by atoms with Gasteiger partial charge in [0.05, 0.1) is 25.8 Å². The van der Waals surface area contributed by atoms with Gasteiger partial charge < -0.3 is 10.2 Å². The molecule has 1 heterocycles. The van der Waals surface area contributed by atoms with E-state index in [1.165, 1.54) is 11.3 Å². The molecule has 7 nitrogen and oxygen atoms in total. The van der Waals surface area contributed by atoms with Crippen LogP contribution in [-0.2, 0) is 10.0 Å². The number of aromatic carboxylic acids is 1. The van der Waals surface area contributed by atoms with Crippen molar-refractivity contribution in [3.05, 3.63) is 47.0 Å². The number of aromatic hydroxyl groups is 1. The van der Waals surface area contributed by atoms with E-state index in [9.17, 15) is 18.3 Å². The number of hydrogen-bond donors (Lipinski definition) is 3. The first-order valence-corrected chi connectivity index (χ1v) is 9.02. The summed E-state index contributed by atoms with van der Waals surface area (Å²) in [5, 5.41) is 19.3. The molecule has 0 aliphatic carbocycles. The van der Waals surface area contributed by atoms with E-state index in [4.69, 9.17) is 5.11 Å². The zero-order chi connectivity index (χ0) is 17.5. The van der Waals surface area contributed by atoms with Gasteiger partial charge in [-0.3, -0.25) is 4.72 Å². The molecule has 0 bridgehead atoms. The molecule has 0 amide bonds. The lowest BCUT2D eigenvalue weighted by molar-refractivity contribution is 0.0693. The third-order valence-electron chi connectivity index (χ3n) is 3.26. The number of nitrogens with one attached hydrogen (secondary N) is 1. The molecule has 2 aromatic carbocycles. The molecule has 1 aromatic heterocycles. The second-order valence-corrected chi connectivity index (χ2v) is 7.92. The highest BCUT2D eigenvalue weighted by molar-refractivity contribution is 7.92. The van der Waals surface area contributed by atoms with Crippen LogP contribution in [0.15, 0.2) is 41.3 Å². The van der Waals surface area contributed by atoms with E-state index in [0.717, 1.165) is 33.4 Å². The molecule has 0 spiro atoms. The van der Waals surface area contributed by atoms with Crippen molar-refractivity contribution < 1.29 is 23.4 Å². The number of sulfonamides is 1. The molecule has 24 heavy (non-hydrogen) atoms. The summed E-state index contributed by atoms with van der Waals surface area (Å²) in [6.07, 6.45) is 0. The molecule has 3 N–H and O–H groups in total. The van der Waals surface area contributed by atoms with Crippen LogP contribution in [-0.4, -0.2) is 29.6 Å². The Kier molecular flexibility index (Phi) is 3.90. The highest BCUT2D eigenvalue weighted by Crippen LogP contribution is 2.27. The van der Waals surface area contributed by atoms with Gasteiger partial charge in [0.1, 0.15) is 11.3 Å². The summed E-state index contributed by atoms with van der Waals surface area (Å²) in [6.45, 7) is 1.86. The molecule has 0 aliphatic heterocycles. The summed E-state index contributed by atoms with van der Waals surface area (Å²) in [4.78, 5) is 15.1. The third kappa shape index (κ3) is 3.03. The predicted octanol–water partition coefficient (Wildman–Crippen LogP) is 2.81. The smallest absolute Gasteiger partial charge is 0.339 e. The van der Waals surface area contributed by atoms with Crippen LogP contribution in [0.2, 0.25) is 0 Å². The summed E-state index contributed by atoms with van der Waals surface area (Å²) in [6, 6.07) is 8.03. The summed E-state index contributed by atoms with van der Waals surface area (Å²) in [5.74, 6) is -1.91. The van der Waals surface area contributed by atoms with Crippen LogP contribution in [0.25, 0.3) is 10.2 Å². The standard InChI is InChI=1S/C15H12N2O5S2/c1-8-16-12-4-2-9(6-14(12)23-8)17-24(21,22)10-3-5-13(18)11(7-10)15(19)20/h2-7,17-18H,1H3,(H,19,20). The number of benzene rings is 2. The van der Waals surface area contributed by atoms with Crippen molar-refractivity contribution in [1.82, 2.24) is 4.98 Å². The quantitative estimate of drug-likeness (QED) is 0.655. The number of phenols is 1. The Labute approximate surface area is 141 Å². The summed E-state index contributed by atoms with van der Waals surface area (Å²) >= 11 is 1.44. The first kappa shape index (κ1) is 16.2. The summed E-state index contributed by atoms with van der Waals surface area (Å²) in [7, 11) is -3.99. The fraction of sp³-hybridized carbons (Fsp3) is 0.0667. The van der Waals surface area contributed by atoms with E-state index >= 15 is 0 Å². The van der Waals surface area contributed by atoms with E-state index in [1.54, 1.807) is 18.2 Å². The first-order chi connectivity index (χ1) is 11.3. The second kappa shape index (κ2) is 5.77. The predicted molar refractivity (Wildman–Crippen MR) is 90.2 cm³/mol. The molecule has 0 atom stereocenters. The number of aromatic nitrogens is 1. The second-order valence-electron chi connectivity index (χ2n) is 5.00. The normalized spacial score (nSPS) is 11.5. The number of nitrogens with zero attached hydrogens (tertiary/aromatic N) is 1. The highest BCUT2D eigenvalue weighted by atomic mass is 32.2. The van der Waals surface area contributed by atoms with Crippen molar-refractivity contribution in [2.24, 2.45) is 0 Å². The van der Waals surface area contributed by atoms with E-state index in [1.807, 2.05) is 6.92 Å². The van der Waals surface area contributed by atoms with Gasteiger partial charge in [-0.15, -0.1) is 11.3 Å². The zero-order valence-corrected chi connectivity index (χ0v) is 14.0. The number of carboxylic acids is 1. The van der Waals surface area contributed by atoms with Crippen LogP contribution in [0.1, 0.15) is 15.4 Å². The van der Waals surface area contributed by atoms with Gasteiger partial charge in [-0.05, 0) is 43.3 Å². The van der Waals surface area contributed by atoms with E-state index < -0.39 is 27.3 Å². The number of rotatable bonds is 4. The molecule has 0 aliphatic rings. The van der Waals surface area contributed by atoms with E-state index in [2.05, 4.69) is 9.71 Å². The molecule has 0 radical (unpaired) electrons. The maximum Gasteiger partial charge on any atom is 0.339 e. The van der Waals surface area contributed by atoms with Gasteiger partial charge in [0.25, 0.3) is 10.0 Å². The molecule has 9 heteroatoms. The lowest BCUT2D eigenvalue weighted by Gasteiger charge is -2.09. The highest BCUT2D eigenvalue weighted by Gasteiger charge is 2.19. The molecule has 124 valence electrons. The van der Waals surface area contributed by atoms with E-state index in [0.29, 0.717) is 5.69 Å². The number of thiazole rings is 1. The van der Waals surface area contributed by atoms with Crippen molar-refractivity contribution >= 4 is 43.2 Å². The van der Waals surface area contributed by atoms with Crippen molar-refractivity contribution in [1.29, 1.82) is 0 Å². The van der Waals surface area contributed by atoms with Crippen molar-refractivity contribution in [3.63, 3.8) is 0 Å². The lowest BCUT2D eigenvalue weighted by atomic mass is 10.2. The Bertz CT molecular complexity index is 1060. The fourth-order valence-corrected chi connectivity index (χ4v) is 4.11. The van der Waals surface area contributed by atoms with Crippen LogP contribution in [0.3, 0.4) is 0 Å². The molecule has 0 unspecified atom stereocenters. The van der Waals surface area contributed by atoms with Gasteiger partial charge in [-0.25, -0.2) is 18.2 Å². The third-order valence-corrected chi connectivity index (χ3v) is 5.57. The SMILES string of the molecule is Cc1nc2ccc(NS(=O)(=O)c3ccc(O)c(C(=O)O)c3)cc2s1. The average molecular weight is 364 g/mol. The number of aryl methyl sites for hydroxylation is 1. The van der Waals surface area contributed by atoms with Crippen LogP contribution >= 0.6 is 11.3 Å². The minimum Gasteiger partial charge on any atom is -0.507 e. The minimum absolute atomic E-state index is 0.252. The van der Waals surface area contributed by atoms with Crippen molar-refractivity contribution in [2.45, 2.75) is 11.8 Å². The molecule has 3 rings (SSSR count). The number of carboxylic acid groups (broad SMARTS) is 1. The van der Waals surface area contributed by atoms with Crippen LogP contribution in [0.5, 0.6) is 5.75 Å². The average Bonchev–Trinajstić information content (AvgIpc) is 2.86.